The van der Waals surface area contributed by atoms with Gasteiger partial charge in [0.2, 0.25) is 15.2 Å². The first kappa shape index (κ1) is 22.7. The lowest BCUT2D eigenvalue weighted by molar-refractivity contribution is -0.0440. The van der Waals surface area contributed by atoms with E-state index in [0.29, 0.717) is 23.8 Å². The number of hydrazine groups is 1. The summed E-state index contributed by atoms with van der Waals surface area (Å²) < 4.78 is 34.0. The summed E-state index contributed by atoms with van der Waals surface area (Å²) in [5, 5.41) is 0.580. The number of carbonyl (C=O) groups is 1. The lowest BCUT2D eigenvalue weighted by Crippen LogP contribution is -2.48. The van der Waals surface area contributed by atoms with E-state index in [2.05, 4.69) is 21.9 Å². The Morgan fingerprint density at radius 1 is 1.12 bits per heavy atom. The average molecular weight is 475 g/mol. The third kappa shape index (κ3) is 4.63. The molecule has 2 atom stereocenters. The van der Waals surface area contributed by atoms with Crippen molar-refractivity contribution in [1.29, 1.82) is 0 Å². The normalized spacial score (nSPS) is 19.8. The number of sulfonamides is 1. The van der Waals surface area contributed by atoms with Gasteiger partial charge in [0.25, 0.3) is 5.91 Å². The van der Waals surface area contributed by atoms with Gasteiger partial charge in [-0.25, -0.2) is 13.4 Å². The second kappa shape index (κ2) is 8.78. The summed E-state index contributed by atoms with van der Waals surface area (Å²) in [6, 6.07) is 10.0. The van der Waals surface area contributed by atoms with E-state index >= 15 is 0 Å². The van der Waals surface area contributed by atoms with Crippen molar-refractivity contribution in [2.75, 3.05) is 18.5 Å². The number of anilines is 1. The molecule has 0 radical (unpaired) electrons. The predicted octanol–water partition coefficient (Wildman–Crippen LogP) is 3.47. The number of fused-ring (bicyclic) bond motifs is 1. The zero-order valence-electron chi connectivity index (χ0n) is 18.4. The minimum Gasteiger partial charge on any atom is -0.373 e. The fraction of sp³-hybridized carbons (Fsp3) is 0.364. The molecular formula is C22H26N4O4S2. The largest absolute Gasteiger partial charge is 0.373 e. The van der Waals surface area contributed by atoms with Crippen molar-refractivity contribution in [1.82, 2.24) is 14.7 Å². The molecule has 1 saturated heterocycles. The van der Waals surface area contributed by atoms with E-state index in [4.69, 9.17) is 4.74 Å². The number of aryl methyl sites for hydroxylation is 2. The van der Waals surface area contributed by atoms with Crippen LogP contribution in [0.25, 0.3) is 10.2 Å². The number of carbonyl (C=O) groups excluding carboxylic acids is 1. The molecule has 8 nitrogen and oxygen atoms in total. The number of benzene rings is 2. The van der Waals surface area contributed by atoms with Crippen LogP contribution in [0.4, 0.5) is 5.13 Å². The molecule has 1 amide bonds. The van der Waals surface area contributed by atoms with E-state index in [9.17, 15) is 13.2 Å². The average Bonchev–Trinajstić information content (AvgIpc) is 3.14. The fourth-order valence-corrected chi connectivity index (χ4v) is 6.33. The molecular weight excluding hydrogens is 448 g/mol. The van der Waals surface area contributed by atoms with Gasteiger partial charge in [-0.1, -0.05) is 17.4 Å². The molecule has 170 valence electrons. The molecule has 0 aliphatic carbocycles. The number of hydrogen-bond acceptors (Lipinski definition) is 7. The molecule has 10 heteroatoms. The number of aromatic nitrogens is 1. The summed E-state index contributed by atoms with van der Waals surface area (Å²) in [5.74, 6) is -0.380. The van der Waals surface area contributed by atoms with Crippen molar-refractivity contribution in [2.24, 2.45) is 0 Å². The Kier molecular flexibility index (Phi) is 6.22. The summed E-state index contributed by atoms with van der Waals surface area (Å²) in [7, 11) is -3.65. The van der Waals surface area contributed by atoms with Gasteiger partial charge in [-0.3, -0.25) is 15.6 Å². The second-order valence-corrected chi connectivity index (χ2v) is 11.1. The van der Waals surface area contributed by atoms with Gasteiger partial charge in [0.05, 0.1) is 27.3 Å². The first-order valence-corrected chi connectivity index (χ1v) is 12.6. The molecule has 32 heavy (non-hydrogen) atoms. The van der Waals surface area contributed by atoms with Crippen molar-refractivity contribution in [2.45, 2.75) is 44.8 Å². The SMILES string of the molecule is Cc1cc(C)c2sc(NNC(=O)c3ccc(S(=O)(=O)N4C[C@@H](C)O[C@H](C)C4)cc3)nc2c1. The highest BCUT2D eigenvalue weighted by Gasteiger charge is 2.32. The third-order valence-electron chi connectivity index (χ3n) is 5.24. The number of thiazole rings is 1. The number of hydrogen-bond donors (Lipinski definition) is 2. The summed E-state index contributed by atoms with van der Waals surface area (Å²) in [6.45, 7) is 8.37. The van der Waals surface area contributed by atoms with Crippen molar-refractivity contribution in [3.63, 3.8) is 0 Å². The van der Waals surface area contributed by atoms with Gasteiger partial charge in [0.15, 0.2) is 0 Å². The van der Waals surface area contributed by atoms with Crippen LogP contribution in [0.2, 0.25) is 0 Å². The first-order valence-electron chi connectivity index (χ1n) is 10.3. The smallest absolute Gasteiger partial charge is 0.269 e. The molecule has 1 fully saturated rings. The van der Waals surface area contributed by atoms with Crippen LogP contribution in [0.1, 0.15) is 35.3 Å². The molecule has 2 aromatic carbocycles. The van der Waals surface area contributed by atoms with Crippen LogP contribution in [0, 0.1) is 13.8 Å². The molecule has 1 aliphatic rings. The number of morpholine rings is 1. The van der Waals surface area contributed by atoms with Crippen LogP contribution in [-0.2, 0) is 14.8 Å². The van der Waals surface area contributed by atoms with Crippen molar-refractivity contribution in [3.8, 4) is 0 Å². The zero-order valence-corrected chi connectivity index (χ0v) is 20.0. The molecule has 1 aromatic heterocycles. The summed E-state index contributed by atoms with van der Waals surface area (Å²) in [5.41, 5.74) is 8.97. The topological polar surface area (TPSA) is 101 Å². The quantitative estimate of drug-likeness (QED) is 0.549. The van der Waals surface area contributed by atoms with E-state index in [1.165, 1.54) is 39.9 Å². The fourth-order valence-electron chi connectivity index (χ4n) is 3.87. The van der Waals surface area contributed by atoms with Crippen molar-refractivity contribution in [3.05, 3.63) is 53.1 Å². The van der Waals surface area contributed by atoms with Gasteiger partial charge in [-0.2, -0.15) is 4.31 Å². The standard InChI is InChI=1S/C22H26N4O4S2/c1-13-9-14(2)20-19(10-13)23-22(31-20)25-24-21(27)17-5-7-18(8-6-17)32(28,29)26-11-15(3)30-16(4)12-26/h5-10,15-16H,11-12H2,1-4H3,(H,23,25)(H,24,27)/t15-,16-/m1/s1. The summed E-state index contributed by atoms with van der Waals surface area (Å²) in [6.07, 6.45) is -0.334. The molecule has 3 aromatic rings. The van der Waals surface area contributed by atoms with Crippen LogP contribution < -0.4 is 10.9 Å². The van der Waals surface area contributed by atoms with Gasteiger partial charge in [0.1, 0.15) is 0 Å². The van der Waals surface area contributed by atoms with E-state index in [1.807, 2.05) is 33.8 Å². The van der Waals surface area contributed by atoms with E-state index < -0.39 is 10.0 Å². The van der Waals surface area contributed by atoms with Crippen LogP contribution in [-0.4, -0.2) is 48.9 Å². The number of nitrogens with zero attached hydrogens (tertiary/aromatic N) is 2. The number of amides is 1. The van der Waals surface area contributed by atoms with E-state index in [0.717, 1.165) is 21.3 Å². The molecule has 0 unspecified atom stereocenters. The minimum atomic E-state index is -3.65. The van der Waals surface area contributed by atoms with Crippen molar-refractivity contribution < 1.29 is 17.9 Å². The van der Waals surface area contributed by atoms with Gasteiger partial charge in [-0.05, 0) is 69.2 Å². The first-order chi connectivity index (χ1) is 15.1. The maximum atomic E-state index is 13.0. The van der Waals surface area contributed by atoms with E-state index in [1.54, 1.807) is 0 Å². The molecule has 0 bridgehead atoms. The Bertz CT molecular complexity index is 1240. The number of nitrogens with one attached hydrogen (secondary N) is 2. The Morgan fingerprint density at radius 2 is 1.78 bits per heavy atom. The Balaban J connectivity index is 1.44. The van der Waals surface area contributed by atoms with Crippen LogP contribution in [0.5, 0.6) is 0 Å². The predicted molar refractivity (Wildman–Crippen MR) is 125 cm³/mol. The molecule has 2 N–H and O–H groups in total. The Morgan fingerprint density at radius 3 is 2.44 bits per heavy atom. The molecule has 0 spiro atoms. The maximum absolute atomic E-state index is 13.0. The minimum absolute atomic E-state index is 0.153. The Hall–Kier alpha value is -2.53. The number of ether oxygens (including phenoxy) is 1. The molecule has 2 heterocycles. The van der Waals surface area contributed by atoms with Crippen LogP contribution >= 0.6 is 11.3 Å². The highest BCUT2D eigenvalue weighted by Crippen LogP contribution is 2.29. The second-order valence-electron chi connectivity index (χ2n) is 8.13. The van der Waals surface area contributed by atoms with Gasteiger partial charge in [-0.15, -0.1) is 0 Å². The lowest BCUT2D eigenvalue weighted by atomic mass is 10.1. The number of rotatable bonds is 5. The summed E-state index contributed by atoms with van der Waals surface area (Å²) >= 11 is 1.46. The lowest BCUT2D eigenvalue weighted by Gasteiger charge is -2.34. The zero-order chi connectivity index (χ0) is 23.0. The molecule has 4 rings (SSSR count). The Labute approximate surface area is 191 Å². The van der Waals surface area contributed by atoms with Gasteiger partial charge < -0.3 is 4.74 Å². The van der Waals surface area contributed by atoms with Gasteiger partial charge >= 0.3 is 0 Å². The monoisotopic (exact) mass is 474 g/mol. The molecule has 0 saturated carbocycles. The van der Waals surface area contributed by atoms with E-state index in [-0.39, 0.29) is 23.0 Å². The van der Waals surface area contributed by atoms with Crippen molar-refractivity contribution >= 4 is 42.6 Å². The maximum Gasteiger partial charge on any atom is 0.269 e. The molecule has 1 aliphatic heterocycles. The van der Waals surface area contributed by atoms with Crippen LogP contribution in [0.15, 0.2) is 41.3 Å². The summed E-state index contributed by atoms with van der Waals surface area (Å²) in [4.78, 5) is 17.2. The van der Waals surface area contributed by atoms with Crippen LogP contribution in [0.3, 0.4) is 0 Å². The van der Waals surface area contributed by atoms with Gasteiger partial charge in [0, 0.05) is 18.7 Å². The highest BCUT2D eigenvalue weighted by molar-refractivity contribution is 7.89. The highest BCUT2D eigenvalue weighted by atomic mass is 32.2. The third-order valence-corrected chi connectivity index (χ3v) is 8.21.